The average molecular weight is 447 g/mol. The summed E-state index contributed by atoms with van der Waals surface area (Å²) in [7, 11) is 1.58. The maximum atomic E-state index is 13.6. The minimum Gasteiger partial charge on any atom is -0.497 e. The zero-order valence-corrected chi connectivity index (χ0v) is 18.1. The smallest absolute Gasteiger partial charge is 0.280 e. The van der Waals surface area contributed by atoms with Gasteiger partial charge in [0.1, 0.15) is 11.6 Å². The zero-order valence-electron chi connectivity index (χ0n) is 17.3. The molecule has 0 saturated carbocycles. The van der Waals surface area contributed by atoms with Gasteiger partial charge in [0.2, 0.25) is 5.13 Å². The van der Waals surface area contributed by atoms with Gasteiger partial charge < -0.3 is 4.74 Å². The number of carbonyl (C=O) groups is 2. The number of ketones is 1. The van der Waals surface area contributed by atoms with Crippen molar-refractivity contribution in [3.8, 4) is 5.75 Å². The highest BCUT2D eigenvalue weighted by atomic mass is 32.1. The number of methoxy groups -OCH3 is 1. The number of hydrazone groups is 1. The normalized spacial score (nSPS) is 11.1. The SMILES string of the molecule is COc1ccc(/C=N/N(C(=O)c2ccc(C(C)=O)cc2)c2nc3ccc(F)cc3s2)cc1. The van der Waals surface area contributed by atoms with Crippen LogP contribution in [0.25, 0.3) is 10.2 Å². The Morgan fingerprint density at radius 1 is 1.03 bits per heavy atom. The number of thiazole rings is 1. The van der Waals surface area contributed by atoms with E-state index in [4.69, 9.17) is 4.74 Å². The molecule has 0 N–H and O–H groups in total. The Balaban J connectivity index is 1.72. The van der Waals surface area contributed by atoms with Crippen molar-refractivity contribution in [3.63, 3.8) is 0 Å². The molecule has 160 valence electrons. The van der Waals surface area contributed by atoms with Gasteiger partial charge in [0.25, 0.3) is 5.91 Å². The van der Waals surface area contributed by atoms with Crippen molar-refractivity contribution in [1.29, 1.82) is 0 Å². The third-order valence-corrected chi connectivity index (χ3v) is 5.68. The molecular formula is C24H18FN3O3S. The van der Waals surface area contributed by atoms with Gasteiger partial charge in [0.05, 0.1) is 23.5 Å². The molecule has 0 fully saturated rings. The second kappa shape index (κ2) is 9.07. The standard InChI is InChI=1S/C24H18FN3O3S/c1-15(29)17-5-7-18(8-6-17)23(30)28(26-14-16-3-10-20(31-2)11-4-16)24-27-21-12-9-19(25)13-22(21)32-24/h3-14H,1-2H3/b26-14+. The number of hydrogen-bond acceptors (Lipinski definition) is 6. The summed E-state index contributed by atoms with van der Waals surface area (Å²) in [4.78, 5) is 29.3. The molecule has 32 heavy (non-hydrogen) atoms. The second-order valence-corrected chi connectivity index (χ2v) is 7.89. The molecule has 3 aromatic carbocycles. The number of benzene rings is 3. The number of hydrogen-bond donors (Lipinski definition) is 0. The van der Waals surface area contributed by atoms with E-state index < -0.39 is 5.91 Å². The maximum absolute atomic E-state index is 13.6. The maximum Gasteiger partial charge on any atom is 0.280 e. The van der Waals surface area contributed by atoms with Crippen molar-refractivity contribution < 1.29 is 18.7 Å². The van der Waals surface area contributed by atoms with E-state index in [1.807, 2.05) is 0 Å². The third-order valence-electron chi connectivity index (χ3n) is 4.69. The van der Waals surface area contributed by atoms with E-state index in [1.165, 1.54) is 30.3 Å². The quantitative estimate of drug-likeness (QED) is 0.228. The lowest BCUT2D eigenvalue weighted by Gasteiger charge is -2.14. The lowest BCUT2D eigenvalue weighted by Crippen LogP contribution is -2.25. The molecule has 1 amide bonds. The minimum atomic E-state index is -0.426. The molecule has 0 saturated heterocycles. The molecule has 1 heterocycles. The van der Waals surface area contributed by atoms with Crippen LogP contribution in [0.5, 0.6) is 5.75 Å². The highest BCUT2D eigenvalue weighted by Gasteiger charge is 2.21. The van der Waals surface area contributed by atoms with E-state index in [2.05, 4.69) is 10.1 Å². The van der Waals surface area contributed by atoms with E-state index in [1.54, 1.807) is 61.7 Å². The first-order chi connectivity index (χ1) is 15.4. The molecule has 0 bridgehead atoms. The number of amides is 1. The Labute approximate surface area is 187 Å². The van der Waals surface area contributed by atoms with E-state index in [9.17, 15) is 14.0 Å². The summed E-state index contributed by atoms with van der Waals surface area (Å²) in [6.07, 6.45) is 1.54. The van der Waals surface area contributed by atoms with Crippen molar-refractivity contribution in [3.05, 3.63) is 89.2 Å². The fourth-order valence-corrected chi connectivity index (χ4v) is 3.90. The van der Waals surface area contributed by atoms with Crippen LogP contribution in [0.15, 0.2) is 71.8 Å². The lowest BCUT2D eigenvalue weighted by molar-refractivity contribution is 0.0983. The number of Topliss-reactive ketones (excluding diaryl/α,β-unsaturated/α-hetero) is 1. The number of fused-ring (bicyclic) bond motifs is 1. The summed E-state index contributed by atoms with van der Waals surface area (Å²) in [5.74, 6) is -0.197. The number of carbonyl (C=O) groups excluding carboxylic acids is 2. The number of ether oxygens (including phenoxy) is 1. The van der Waals surface area contributed by atoms with Gasteiger partial charge in [-0.1, -0.05) is 23.5 Å². The average Bonchev–Trinajstić information content (AvgIpc) is 3.22. The van der Waals surface area contributed by atoms with Gasteiger partial charge in [-0.25, -0.2) is 9.37 Å². The molecule has 6 nitrogen and oxygen atoms in total. The van der Waals surface area contributed by atoms with E-state index in [-0.39, 0.29) is 11.6 Å². The van der Waals surface area contributed by atoms with Crippen molar-refractivity contribution >= 4 is 44.6 Å². The van der Waals surface area contributed by atoms with Crippen LogP contribution in [-0.4, -0.2) is 30.0 Å². The predicted octanol–water partition coefficient (Wildman–Crippen LogP) is 5.33. The third kappa shape index (κ3) is 4.55. The Morgan fingerprint density at radius 3 is 2.38 bits per heavy atom. The number of anilines is 1. The first kappa shape index (κ1) is 21.3. The second-order valence-electron chi connectivity index (χ2n) is 6.88. The van der Waals surface area contributed by atoms with Crippen LogP contribution in [0.4, 0.5) is 9.52 Å². The summed E-state index contributed by atoms with van der Waals surface area (Å²) in [5.41, 5.74) is 2.16. The fourth-order valence-electron chi connectivity index (χ4n) is 2.95. The molecule has 0 radical (unpaired) electrons. The van der Waals surface area contributed by atoms with Crippen molar-refractivity contribution in [1.82, 2.24) is 4.98 Å². The predicted molar refractivity (Wildman–Crippen MR) is 123 cm³/mol. The summed E-state index contributed by atoms with van der Waals surface area (Å²) in [6.45, 7) is 1.46. The fraction of sp³-hybridized carbons (Fsp3) is 0.0833. The van der Waals surface area contributed by atoms with Crippen LogP contribution >= 0.6 is 11.3 Å². The lowest BCUT2D eigenvalue weighted by atomic mass is 10.1. The van der Waals surface area contributed by atoms with E-state index in [0.717, 1.165) is 16.9 Å². The van der Waals surface area contributed by atoms with Gasteiger partial charge in [-0.15, -0.1) is 0 Å². The molecule has 0 aliphatic rings. The first-order valence-corrected chi connectivity index (χ1v) is 10.5. The van der Waals surface area contributed by atoms with Gasteiger partial charge in [0.15, 0.2) is 5.78 Å². The molecule has 0 aliphatic carbocycles. The van der Waals surface area contributed by atoms with Gasteiger partial charge in [-0.3, -0.25) is 9.59 Å². The number of halogens is 1. The van der Waals surface area contributed by atoms with Gasteiger partial charge in [-0.2, -0.15) is 10.1 Å². The topological polar surface area (TPSA) is 71.9 Å². The first-order valence-electron chi connectivity index (χ1n) is 9.64. The Kier molecular flexibility index (Phi) is 6.04. The number of nitrogens with zero attached hydrogens (tertiary/aromatic N) is 3. The Bertz CT molecular complexity index is 1310. The van der Waals surface area contributed by atoms with Crippen molar-refractivity contribution in [2.45, 2.75) is 6.92 Å². The summed E-state index contributed by atoms with van der Waals surface area (Å²) in [6, 6.07) is 17.8. The molecular weight excluding hydrogens is 429 g/mol. The minimum absolute atomic E-state index is 0.0911. The van der Waals surface area contributed by atoms with Crippen molar-refractivity contribution in [2.75, 3.05) is 12.1 Å². The van der Waals surface area contributed by atoms with Gasteiger partial charge in [0, 0.05) is 11.1 Å². The van der Waals surface area contributed by atoms with Gasteiger partial charge in [-0.05, 0) is 67.1 Å². The number of rotatable bonds is 6. The molecule has 1 aromatic heterocycles. The molecule has 8 heteroatoms. The highest BCUT2D eigenvalue weighted by Crippen LogP contribution is 2.30. The van der Waals surface area contributed by atoms with Crippen LogP contribution < -0.4 is 9.75 Å². The van der Waals surface area contributed by atoms with Crippen LogP contribution in [-0.2, 0) is 0 Å². The monoisotopic (exact) mass is 447 g/mol. The van der Waals surface area contributed by atoms with E-state index in [0.29, 0.717) is 32.2 Å². The summed E-state index contributed by atoms with van der Waals surface area (Å²) >= 11 is 1.16. The van der Waals surface area contributed by atoms with Crippen LogP contribution in [0.1, 0.15) is 33.2 Å². The zero-order chi connectivity index (χ0) is 22.7. The largest absolute Gasteiger partial charge is 0.497 e. The Morgan fingerprint density at radius 2 is 1.72 bits per heavy atom. The molecule has 4 aromatic rings. The molecule has 0 unspecified atom stereocenters. The van der Waals surface area contributed by atoms with Crippen LogP contribution in [0.2, 0.25) is 0 Å². The van der Waals surface area contributed by atoms with Crippen LogP contribution in [0.3, 0.4) is 0 Å². The van der Waals surface area contributed by atoms with E-state index >= 15 is 0 Å². The molecule has 0 aliphatic heterocycles. The van der Waals surface area contributed by atoms with Gasteiger partial charge >= 0.3 is 0 Å². The highest BCUT2D eigenvalue weighted by molar-refractivity contribution is 7.22. The summed E-state index contributed by atoms with van der Waals surface area (Å²) < 4.78 is 19.4. The van der Waals surface area contributed by atoms with Crippen molar-refractivity contribution in [2.24, 2.45) is 5.10 Å². The number of aromatic nitrogens is 1. The molecule has 0 spiro atoms. The molecule has 4 rings (SSSR count). The summed E-state index contributed by atoms with van der Waals surface area (Å²) in [5, 5.41) is 5.85. The van der Waals surface area contributed by atoms with Crippen LogP contribution in [0, 0.1) is 5.82 Å². The Hall–Kier alpha value is -3.91. The molecule has 0 atom stereocenters.